The van der Waals surface area contributed by atoms with Gasteiger partial charge >= 0.3 is 12.1 Å². The lowest BCUT2D eigenvalue weighted by Gasteiger charge is -2.09. The Balaban J connectivity index is 2.44. The summed E-state index contributed by atoms with van der Waals surface area (Å²) in [6.07, 6.45) is 16.3. The second-order valence-corrected chi connectivity index (χ2v) is 8.50. The standard InChI is InChI=1S/C30H40O6/c1-7-34-30(32)36-27-19-18-26(22-28(27)33-6)16-8-9-17-29(31)35-21-20-25(5)15-11-14-24(4)13-10-12-23(2)3/h8-9,12,14,16-20,22H,7,10-11,13,15,21H2,1-6H3. The van der Waals surface area contributed by atoms with Crippen LogP contribution in [0.1, 0.15) is 65.9 Å². The van der Waals surface area contributed by atoms with Gasteiger partial charge in [-0.3, -0.25) is 0 Å². The molecule has 0 radical (unpaired) electrons. The molecule has 0 N–H and O–H groups in total. The van der Waals surface area contributed by atoms with Gasteiger partial charge in [0.05, 0.1) is 13.7 Å². The normalized spacial score (nSPS) is 12.1. The molecule has 0 unspecified atom stereocenters. The Labute approximate surface area is 216 Å². The summed E-state index contributed by atoms with van der Waals surface area (Å²) < 4.78 is 20.4. The number of methoxy groups -OCH3 is 1. The number of ether oxygens (including phenoxy) is 4. The molecule has 0 saturated carbocycles. The summed E-state index contributed by atoms with van der Waals surface area (Å²) in [5.41, 5.74) is 4.77. The first-order valence-corrected chi connectivity index (χ1v) is 12.2. The van der Waals surface area contributed by atoms with Crippen molar-refractivity contribution >= 4 is 18.2 Å². The zero-order valence-corrected chi connectivity index (χ0v) is 22.5. The topological polar surface area (TPSA) is 71.1 Å². The lowest BCUT2D eigenvalue weighted by molar-refractivity contribution is -0.136. The van der Waals surface area contributed by atoms with E-state index in [0.717, 1.165) is 31.2 Å². The molecule has 6 heteroatoms. The zero-order chi connectivity index (χ0) is 26.8. The van der Waals surface area contributed by atoms with Crippen molar-refractivity contribution in [3.8, 4) is 11.5 Å². The minimum absolute atomic E-state index is 0.224. The molecule has 0 aromatic heterocycles. The molecule has 1 aromatic carbocycles. The molecule has 0 aliphatic rings. The molecular weight excluding hydrogens is 456 g/mol. The molecule has 0 aliphatic heterocycles. The maximum Gasteiger partial charge on any atom is 0.513 e. The third-order valence-corrected chi connectivity index (χ3v) is 5.06. The lowest BCUT2D eigenvalue weighted by Crippen LogP contribution is -2.10. The Bertz CT molecular complexity index is 991. The molecule has 0 spiro atoms. The quantitative estimate of drug-likeness (QED) is 0.0861. The Hall–Kier alpha value is -3.54. The van der Waals surface area contributed by atoms with E-state index in [1.54, 1.807) is 43.4 Å². The third-order valence-electron chi connectivity index (χ3n) is 5.06. The maximum absolute atomic E-state index is 11.9. The molecule has 0 aliphatic carbocycles. The van der Waals surface area contributed by atoms with E-state index in [-0.39, 0.29) is 19.0 Å². The highest BCUT2D eigenvalue weighted by molar-refractivity contribution is 5.82. The minimum Gasteiger partial charge on any atom is -0.493 e. The highest BCUT2D eigenvalue weighted by atomic mass is 16.7. The van der Waals surface area contributed by atoms with Crippen molar-refractivity contribution in [1.29, 1.82) is 0 Å². The number of esters is 1. The van der Waals surface area contributed by atoms with Crippen LogP contribution in [-0.4, -0.2) is 32.4 Å². The SMILES string of the molecule is CCOC(=O)Oc1ccc(C=CC=CC(=O)OCC=C(C)CCC=C(C)CCC=C(C)C)cc1OC. The van der Waals surface area contributed by atoms with Crippen LogP contribution in [0.2, 0.25) is 0 Å². The van der Waals surface area contributed by atoms with Gasteiger partial charge in [0.2, 0.25) is 0 Å². The second kappa shape index (κ2) is 17.8. The van der Waals surface area contributed by atoms with Gasteiger partial charge in [0, 0.05) is 6.08 Å². The van der Waals surface area contributed by atoms with Crippen LogP contribution in [0, 0.1) is 0 Å². The summed E-state index contributed by atoms with van der Waals surface area (Å²) in [6.45, 7) is 10.6. The molecule has 0 fully saturated rings. The number of carbonyl (C=O) groups excluding carboxylic acids is 2. The van der Waals surface area contributed by atoms with Gasteiger partial charge in [-0.25, -0.2) is 9.59 Å². The predicted octanol–water partition coefficient (Wildman–Crippen LogP) is 7.76. The lowest BCUT2D eigenvalue weighted by atomic mass is 10.1. The summed E-state index contributed by atoms with van der Waals surface area (Å²) in [5, 5.41) is 0. The van der Waals surface area contributed by atoms with E-state index in [4.69, 9.17) is 18.9 Å². The highest BCUT2D eigenvalue weighted by Crippen LogP contribution is 2.29. The fraction of sp³-hybridized carbons (Fsp3) is 0.400. The van der Waals surface area contributed by atoms with E-state index in [1.807, 2.05) is 6.08 Å². The van der Waals surface area contributed by atoms with E-state index in [0.29, 0.717) is 5.75 Å². The third kappa shape index (κ3) is 14.0. The predicted molar refractivity (Wildman–Crippen MR) is 145 cm³/mol. The molecule has 1 rings (SSSR count). The van der Waals surface area contributed by atoms with Gasteiger partial charge in [-0.15, -0.1) is 0 Å². The fourth-order valence-corrected chi connectivity index (χ4v) is 3.06. The average Bonchev–Trinajstić information content (AvgIpc) is 2.82. The second-order valence-electron chi connectivity index (χ2n) is 8.50. The summed E-state index contributed by atoms with van der Waals surface area (Å²) in [4.78, 5) is 23.4. The van der Waals surface area contributed by atoms with Gasteiger partial charge in [-0.1, -0.05) is 53.2 Å². The van der Waals surface area contributed by atoms with Crippen molar-refractivity contribution in [3.63, 3.8) is 0 Å². The van der Waals surface area contributed by atoms with E-state index in [1.165, 1.54) is 29.9 Å². The first-order chi connectivity index (χ1) is 17.2. The molecular formula is C30H40O6. The molecule has 0 saturated heterocycles. The number of rotatable bonds is 14. The smallest absolute Gasteiger partial charge is 0.493 e. The van der Waals surface area contributed by atoms with Gasteiger partial charge in [-0.05, 0) is 84.1 Å². The molecule has 0 amide bonds. The van der Waals surface area contributed by atoms with Crippen LogP contribution in [0.25, 0.3) is 6.08 Å². The van der Waals surface area contributed by atoms with E-state index in [2.05, 4.69) is 39.8 Å². The van der Waals surface area contributed by atoms with Crippen LogP contribution in [0.3, 0.4) is 0 Å². The number of benzene rings is 1. The summed E-state index contributed by atoms with van der Waals surface area (Å²) >= 11 is 0. The van der Waals surface area contributed by atoms with Crippen LogP contribution in [0.4, 0.5) is 4.79 Å². The van der Waals surface area contributed by atoms with Crippen LogP contribution in [-0.2, 0) is 14.3 Å². The van der Waals surface area contributed by atoms with Crippen molar-refractivity contribution in [1.82, 2.24) is 0 Å². The molecule has 196 valence electrons. The number of hydrogen-bond donors (Lipinski definition) is 0. The molecule has 1 aromatic rings. The monoisotopic (exact) mass is 496 g/mol. The van der Waals surface area contributed by atoms with Crippen LogP contribution in [0.5, 0.6) is 11.5 Å². The van der Waals surface area contributed by atoms with Gasteiger partial charge in [0.25, 0.3) is 0 Å². The van der Waals surface area contributed by atoms with Gasteiger partial charge in [-0.2, -0.15) is 0 Å². The average molecular weight is 497 g/mol. The van der Waals surface area contributed by atoms with Gasteiger partial charge in [0.1, 0.15) is 6.61 Å². The van der Waals surface area contributed by atoms with Crippen molar-refractivity contribution in [2.24, 2.45) is 0 Å². The Morgan fingerprint density at radius 2 is 1.56 bits per heavy atom. The van der Waals surface area contributed by atoms with Crippen molar-refractivity contribution in [3.05, 3.63) is 76.9 Å². The number of carbonyl (C=O) groups is 2. The molecule has 6 nitrogen and oxygen atoms in total. The number of allylic oxidation sites excluding steroid dienone is 7. The first-order valence-electron chi connectivity index (χ1n) is 12.2. The Kier molecular flexibility index (Phi) is 15.1. The molecule has 0 atom stereocenters. The Morgan fingerprint density at radius 3 is 2.22 bits per heavy atom. The van der Waals surface area contributed by atoms with Crippen molar-refractivity contribution < 1.29 is 28.5 Å². The van der Waals surface area contributed by atoms with Gasteiger partial charge in [0.15, 0.2) is 11.5 Å². The number of hydrogen-bond acceptors (Lipinski definition) is 6. The summed E-state index contributed by atoms with van der Waals surface area (Å²) in [7, 11) is 1.48. The molecule has 0 heterocycles. The van der Waals surface area contributed by atoms with E-state index in [9.17, 15) is 9.59 Å². The summed E-state index contributed by atoms with van der Waals surface area (Å²) in [6, 6.07) is 5.08. The largest absolute Gasteiger partial charge is 0.513 e. The van der Waals surface area contributed by atoms with Crippen LogP contribution in [0.15, 0.2) is 71.4 Å². The molecule has 0 bridgehead atoms. The maximum atomic E-state index is 11.9. The van der Waals surface area contributed by atoms with Crippen LogP contribution >= 0.6 is 0 Å². The van der Waals surface area contributed by atoms with E-state index < -0.39 is 12.1 Å². The molecule has 36 heavy (non-hydrogen) atoms. The first kappa shape index (κ1) is 30.5. The Morgan fingerprint density at radius 1 is 0.861 bits per heavy atom. The van der Waals surface area contributed by atoms with Gasteiger partial charge < -0.3 is 18.9 Å². The van der Waals surface area contributed by atoms with Crippen molar-refractivity contribution in [2.75, 3.05) is 20.3 Å². The highest BCUT2D eigenvalue weighted by Gasteiger charge is 2.10. The fourth-order valence-electron chi connectivity index (χ4n) is 3.06. The van der Waals surface area contributed by atoms with Crippen molar-refractivity contribution in [2.45, 2.75) is 60.3 Å². The summed E-state index contributed by atoms with van der Waals surface area (Å²) in [5.74, 6) is 0.251. The zero-order valence-electron chi connectivity index (χ0n) is 22.5. The van der Waals surface area contributed by atoms with Crippen LogP contribution < -0.4 is 9.47 Å². The van der Waals surface area contributed by atoms with E-state index >= 15 is 0 Å². The minimum atomic E-state index is -0.789.